The van der Waals surface area contributed by atoms with Crippen molar-refractivity contribution in [2.45, 2.75) is 23.8 Å². The van der Waals surface area contributed by atoms with Crippen molar-refractivity contribution in [2.24, 2.45) is 0 Å². The second-order valence-electron chi connectivity index (χ2n) is 5.54. The van der Waals surface area contributed by atoms with Gasteiger partial charge in [-0.2, -0.15) is 0 Å². The number of rotatable bonds is 4. The van der Waals surface area contributed by atoms with Crippen molar-refractivity contribution in [3.8, 4) is 0 Å². The number of amides is 1. The number of fused-ring (bicyclic) bond motifs is 1. The van der Waals surface area contributed by atoms with Crippen LogP contribution in [0.1, 0.15) is 23.7 Å². The molecule has 0 aliphatic carbocycles. The molecule has 2 aromatic rings. The molecule has 0 fully saturated rings. The molecule has 0 saturated carbocycles. The van der Waals surface area contributed by atoms with Gasteiger partial charge in [0.15, 0.2) is 0 Å². The van der Waals surface area contributed by atoms with E-state index >= 15 is 0 Å². The maximum absolute atomic E-state index is 12.3. The highest BCUT2D eigenvalue weighted by Gasteiger charge is 2.23. The van der Waals surface area contributed by atoms with Crippen molar-refractivity contribution in [3.05, 3.63) is 59.7 Å². The summed E-state index contributed by atoms with van der Waals surface area (Å²) in [4.78, 5) is 13.0. The molecule has 1 heterocycles. The molecular formula is C18H19NO3S. The Morgan fingerprint density at radius 1 is 1.22 bits per heavy atom. The number of hydrogen-bond acceptors (Lipinski definition) is 3. The zero-order chi connectivity index (χ0) is 16.2. The summed E-state index contributed by atoms with van der Waals surface area (Å²) >= 11 is 0. The van der Waals surface area contributed by atoms with Crippen molar-refractivity contribution in [1.82, 2.24) is 0 Å². The minimum atomic E-state index is -1.01. The van der Waals surface area contributed by atoms with Crippen LogP contribution in [0.25, 0.3) is 0 Å². The molecule has 0 saturated heterocycles. The van der Waals surface area contributed by atoms with Crippen molar-refractivity contribution in [2.75, 3.05) is 18.2 Å². The standard InChI is InChI=1S/C18H19NO3S/c1-23(21)15-8-6-14(7-9-15)19-18(20)12-17-16-5-3-2-4-13(16)10-11-22-17/h2-9,17H,10-12H2,1H3,(H,19,20). The lowest BCUT2D eigenvalue weighted by atomic mass is 9.95. The summed E-state index contributed by atoms with van der Waals surface area (Å²) in [6.45, 7) is 0.645. The largest absolute Gasteiger partial charge is 0.373 e. The topological polar surface area (TPSA) is 55.4 Å². The van der Waals surface area contributed by atoms with E-state index in [9.17, 15) is 9.00 Å². The van der Waals surface area contributed by atoms with Crippen LogP contribution in [0.2, 0.25) is 0 Å². The number of anilines is 1. The van der Waals surface area contributed by atoms with E-state index in [1.54, 1.807) is 30.5 Å². The Kier molecular flexibility index (Phi) is 4.88. The van der Waals surface area contributed by atoms with E-state index < -0.39 is 10.8 Å². The van der Waals surface area contributed by atoms with Gasteiger partial charge in [0.25, 0.3) is 0 Å². The first-order valence-corrected chi connectivity index (χ1v) is 9.12. The van der Waals surface area contributed by atoms with Crippen LogP contribution < -0.4 is 5.32 Å². The molecule has 5 heteroatoms. The maximum atomic E-state index is 12.3. The molecule has 1 aliphatic rings. The Balaban J connectivity index is 1.65. The zero-order valence-corrected chi connectivity index (χ0v) is 13.8. The third-order valence-electron chi connectivity index (χ3n) is 3.93. The summed E-state index contributed by atoms with van der Waals surface area (Å²) in [7, 11) is -1.01. The Labute approximate surface area is 138 Å². The van der Waals surface area contributed by atoms with Crippen LogP contribution in [0, 0.1) is 0 Å². The molecular weight excluding hydrogens is 310 g/mol. The van der Waals surface area contributed by atoms with Crippen LogP contribution in [0.4, 0.5) is 5.69 Å². The molecule has 0 radical (unpaired) electrons. The van der Waals surface area contributed by atoms with Gasteiger partial charge < -0.3 is 10.1 Å². The van der Waals surface area contributed by atoms with E-state index in [4.69, 9.17) is 4.74 Å². The molecule has 2 atom stereocenters. The first kappa shape index (κ1) is 15.9. The van der Waals surface area contributed by atoms with E-state index in [-0.39, 0.29) is 12.0 Å². The molecule has 0 spiro atoms. The van der Waals surface area contributed by atoms with Gasteiger partial charge in [-0.05, 0) is 41.8 Å². The quantitative estimate of drug-likeness (QED) is 0.938. The van der Waals surface area contributed by atoms with Gasteiger partial charge in [-0.1, -0.05) is 24.3 Å². The van der Waals surface area contributed by atoms with E-state index in [2.05, 4.69) is 11.4 Å². The minimum absolute atomic E-state index is 0.0860. The molecule has 2 aromatic carbocycles. The van der Waals surface area contributed by atoms with Gasteiger partial charge >= 0.3 is 0 Å². The summed E-state index contributed by atoms with van der Waals surface area (Å²) in [5.74, 6) is -0.0860. The predicted octanol–water partition coefficient (Wildman–Crippen LogP) is 3.07. The minimum Gasteiger partial charge on any atom is -0.373 e. The Morgan fingerprint density at radius 3 is 2.70 bits per heavy atom. The highest BCUT2D eigenvalue weighted by atomic mass is 32.2. The smallest absolute Gasteiger partial charge is 0.227 e. The normalized spacial score (nSPS) is 18.0. The lowest BCUT2D eigenvalue weighted by molar-refractivity contribution is -0.119. The molecule has 1 aliphatic heterocycles. The third kappa shape index (κ3) is 3.86. The Bertz CT molecular complexity index is 727. The highest BCUT2D eigenvalue weighted by Crippen LogP contribution is 2.29. The van der Waals surface area contributed by atoms with Gasteiger partial charge in [0.2, 0.25) is 5.91 Å². The van der Waals surface area contributed by atoms with Gasteiger partial charge in [-0.3, -0.25) is 9.00 Å². The highest BCUT2D eigenvalue weighted by molar-refractivity contribution is 7.84. The second kappa shape index (κ2) is 7.06. The molecule has 2 unspecified atom stereocenters. The zero-order valence-electron chi connectivity index (χ0n) is 13.0. The molecule has 0 bridgehead atoms. The van der Waals surface area contributed by atoms with Crippen molar-refractivity contribution in [3.63, 3.8) is 0 Å². The predicted molar refractivity (Wildman–Crippen MR) is 90.9 cm³/mol. The summed E-state index contributed by atoms with van der Waals surface area (Å²) in [5, 5.41) is 2.87. The van der Waals surface area contributed by atoms with Crippen LogP contribution in [0.15, 0.2) is 53.4 Å². The van der Waals surface area contributed by atoms with E-state index in [0.717, 1.165) is 16.9 Å². The van der Waals surface area contributed by atoms with E-state index in [1.807, 2.05) is 18.2 Å². The molecule has 120 valence electrons. The molecule has 23 heavy (non-hydrogen) atoms. The van der Waals surface area contributed by atoms with Crippen LogP contribution in [0.3, 0.4) is 0 Å². The summed E-state index contributed by atoms with van der Waals surface area (Å²) in [5.41, 5.74) is 3.06. The van der Waals surface area contributed by atoms with Gasteiger partial charge in [-0.15, -0.1) is 0 Å². The summed E-state index contributed by atoms with van der Waals surface area (Å²) < 4.78 is 17.1. The van der Waals surface area contributed by atoms with Crippen LogP contribution in [-0.2, 0) is 26.8 Å². The van der Waals surface area contributed by atoms with Crippen molar-refractivity contribution in [1.29, 1.82) is 0 Å². The Hall–Kier alpha value is -1.98. The van der Waals surface area contributed by atoms with E-state index in [0.29, 0.717) is 18.7 Å². The fourth-order valence-electron chi connectivity index (χ4n) is 2.76. The average Bonchev–Trinajstić information content (AvgIpc) is 2.55. The first-order chi connectivity index (χ1) is 11.1. The van der Waals surface area contributed by atoms with Crippen LogP contribution in [0.5, 0.6) is 0 Å². The molecule has 1 N–H and O–H groups in total. The van der Waals surface area contributed by atoms with Crippen LogP contribution in [-0.4, -0.2) is 23.0 Å². The van der Waals surface area contributed by atoms with Gasteiger partial charge in [0, 0.05) is 27.6 Å². The summed E-state index contributed by atoms with van der Waals surface area (Å²) in [6.07, 6.45) is 2.62. The monoisotopic (exact) mass is 329 g/mol. The van der Waals surface area contributed by atoms with Crippen molar-refractivity contribution >= 4 is 22.4 Å². The number of nitrogens with one attached hydrogen (secondary N) is 1. The third-order valence-corrected chi connectivity index (χ3v) is 4.87. The fourth-order valence-corrected chi connectivity index (χ4v) is 3.28. The molecule has 1 amide bonds. The Morgan fingerprint density at radius 2 is 1.96 bits per heavy atom. The number of ether oxygens (including phenoxy) is 1. The molecule has 4 nitrogen and oxygen atoms in total. The second-order valence-corrected chi connectivity index (χ2v) is 6.92. The SMILES string of the molecule is CS(=O)c1ccc(NC(=O)CC2OCCc3ccccc32)cc1. The lowest BCUT2D eigenvalue weighted by Crippen LogP contribution is -2.22. The number of benzene rings is 2. The van der Waals surface area contributed by atoms with Gasteiger partial charge in [0.05, 0.1) is 19.1 Å². The lowest BCUT2D eigenvalue weighted by Gasteiger charge is -2.25. The first-order valence-electron chi connectivity index (χ1n) is 7.56. The maximum Gasteiger partial charge on any atom is 0.227 e. The van der Waals surface area contributed by atoms with Gasteiger partial charge in [-0.25, -0.2) is 0 Å². The van der Waals surface area contributed by atoms with Crippen LogP contribution >= 0.6 is 0 Å². The number of carbonyl (C=O) groups is 1. The van der Waals surface area contributed by atoms with Crippen molar-refractivity contribution < 1.29 is 13.7 Å². The molecule has 0 aromatic heterocycles. The number of hydrogen-bond donors (Lipinski definition) is 1. The fraction of sp³-hybridized carbons (Fsp3) is 0.278. The summed E-state index contributed by atoms with van der Waals surface area (Å²) in [6, 6.07) is 15.2. The van der Waals surface area contributed by atoms with E-state index in [1.165, 1.54) is 5.56 Å². The molecule has 3 rings (SSSR count). The average molecular weight is 329 g/mol. The number of carbonyl (C=O) groups excluding carboxylic acids is 1. The van der Waals surface area contributed by atoms with Gasteiger partial charge in [0.1, 0.15) is 0 Å².